The first-order chi connectivity index (χ1) is 12.7. The molecule has 4 nitrogen and oxygen atoms in total. The molecule has 0 unspecified atom stereocenters. The van der Waals surface area contributed by atoms with Gasteiger partial charge in [0.2, 0.25) is 0 Å². The molecule has 0 spiro atoms. The summed E-state index contributed by atoms with van der Waals surface area (Å²) < 4.78 is 11.0. The van der Waals surface area contributed by atoms with Gasteiger partial charge in [0.05, 0.1) is 18.8 Å². The van der Waals surface area contributed by atoms with Crippen LogP contribution in [0.1, 0.15) is 25.0 Å². The van der Waals surface area contributed by atoms with Crippen molar-refractivity contribution in [2.75, 3.05) is 33.4 Å². The molecule has 2 aromatic carbocycles. The van der Waals surface area contributed by atoms with Crippen LogP contribution in [0, 0.1) is 11.3 Å². The maximum absolute atomic E-state index is 9.46. The molecule has 26 heavy (non-hydrogen) atoms. The number of likely N-dealkylation sites (N-methyl/N-ethyl adjacent to an activating group) is 1. The minimum atomic E-state index is 0.614. The molecule has 136 valence electrons. The quantitative estimate of drug-likeness (QED) is 0.494. The van der Waals surface area contributed by atoms with E-state index in [1.807, 2.05) is 54.6 Å². The second-order valence-electron chi connectivity index (χ2n) is 5.84. The first kappa shape index (κ1) is 19.6. The van der Waals surface area contributed by atoms with Gasteiger partial charge >= 0.3 is 0 Å². The van der Waals surface area contributed by atoms with Crippen molar-refractivity contribution in [2.24, 2.45) is 0 Å². The van der Waals surface area contributed by atoms with Crippen molar-refractivity contribution in [1.82, 2.24) is 4.90 Å². The van der Waals surface area contributed by atoms with Crippen LogP contribution in [-0.2, 0) is 0 Å². The first-order valence-corrected chi connectivity index (χ1v) is 8.91. The van der Waals surface area contributed by atoms with Gasteiger partial charge in [0, 0.05) is 6.54 Å². The second-order valence-corrected chi connectivity index (χ2v) is 5.84. The van der Waals surface area contributed by atoms with E-state index < -0.39 is 0 Å². The molecule has 0 radical (unpaired) electrons. The summed E-state index contributed by atoms with van der Waals surface area (Å²) in [5.74, 6) is 1.62. The predicted octanol–water partition coefficient (Wildman–Crippen LogP) is 4.48. The Morgan fingerprint density at radius 2 is 1.62 bits per heavy atom. The molecule has 0 bridgehead atoms. The Hall–Kier alpha value is -2.77. The molecule has 2 rings (SSSR count). The van der Waals surface area contributed by atoms with Crippen molar-refractivity contribution >= 4 is 11.6 Å². The maximum atomic E-state index is 9.46. The lowest BCUT2D eigenvalue weighted by molar-refractivity contribution is 0.223. The van der Waals surface area contributed by atoms with E-state index in [0.717, 1.165) is 42.3 Å². The molecule has 0 fully saturated rings. The molecule has 0 aliphatic heterocycles. The standard InChI is InChI=1S/C22H26N2O2/c1-4-24(5-2)14-15-26-22-10-6-18(7-11-22)16-20(17-23)19-8-12-21(25-3)13-9-19/h6-13,16H,4-5,14-15H2,1-3H3/b20-16+. The molecule has 0 N–H and O–H groups in total. The van der Waals surface area contributed by atoms with Gasteiger partial charge in [-0.15, -0.1) is 0 Å². The molecule has 0 amide bonds. The fraction of sp³-hybridized carbons (Fsp3) is 0.318. The minimum absolute atomic E-state index is 0.614. The first-order valence-electron chi connectivity index (χ1n) is 8.91. The van der Waals surface area contributed by atoms with Crippen molar-refractivity contribution in [3.8, 4) is 17.6 Å². The number of methoxy groups -OCH3 is 1. The number of nitrogens with zero attached hydrogens (tertiary/aromatic N) is 2. The number of hydrogen-bond donors (Lipinski definition) is 0. The molecular formula is C22H26N2O2. The fourth-order valence-corrected chi connectivity index (χ4v) is 2.61. The summed E-state index contributed by atoms with van der Waals surface area (Å²) in [6.45, 7) is 7.97. The molecule has 0 aliphatic carbocycles. The number of ether oxygens (including phenoxy) is 2. The lowest BCUT2D eigenvalue weighted by Gasteiger charge is -2.18. The highest BCUT2D eigenvalue weighted by Crippen LogP contribution is 2.22. The summed E-state index contributed by atoms with van der Waals surface area (Å²) in [4.78, 5) is 2.32. The van der Waals surface area contributed by atoms with Gasteiger partial charge in [0.25, 0.3) is 0 Å². The van der Waals surface area contributed by atoms with E-state index in [4.69, 9.17) is 9.47 Å². The molecule has 0 aromatic heterocycles. The van der Waals surface area contributed by atoms with Crippen LogP contribution in [0.25, 0.3) is 11.6 Å². The van der Waals surface area contributed by atoms with Crippen LogP contribution < -0.4 is 9.47 Å². The molecule has 0 saturated heterocycles. The number of hydrogen-bond acceptors (Lipinski definition) is 4. The van der Waals surface area contributed by atoms with Crippen molar-refractivity contribution in [2.45, 2.75) is 13.8 Å². The third-order valence-electron chi connectivity index (χ3n) is 4.28. The smallest absolute Gasteiger partial charge is 0.119 e. The predicted molar refractivity (Wildman–Crippen MR) is 106 cm³/mol. The SMILES string of the molecule is CCN(CC)CCOc1ccc(/C=C(\C#N)c2ccc(OC)cc2)cc1. The molecule has 0 heterocycles. The van der Waals surface area contributed by atoms with E-state index >= 15 is 0 Å². The molecule has 4 heteroatoms. The Kier molecular flexibility index (Phi) is 7.73. The largest absolute Gasteiger partial charge is 0.497 e. The van der Waals surface area contributed by atoms with Gasteiger partial charge in [0.15, 0.2) is 0 Å². The van der Waals surface area contributed by atoms with Crippen LogP contribution in [0.2, 0.25) is 0 Å². The zero-order valence-electron chi connectivity index (χ0n) is 15.7. The molecule has 0 atom stereocenters. The molecule has 2 aromatic rings. The number of allylic oxidation sites excluding steroid dienone is 1. The van der Waals surface area contributed by atoms with E-state index in [1.54, 1.807) is 7.11 Å². The zero-order valence-corrected chi connectivity index (χ0v) is 15.7. The van der Waals surface area contributed by atoms with E-state index in [0.29, 0.717) is 12.2 Å². The van der Waals surface area contributed by atoms with E-state index in [-0.39, 0.29) is 0 Å². The van der Waals surface area contributed by atoms with Gasteiger partial charge in [-0.2, -0.15) is 5.26 Å². The van der Waals surface area contributed by atoms with Crippen LogP contribution in [0.3, 0.4) is 0 Å². The highest BCUT2D eigenvalue weighted by atomic mass is 16.5. The van der Waals surface area contributed by atoms with E-state index in [9.17, 15) is 5.26 Å². The monoisotopic (exact) mass is 350 g/mol. The Balaban J connectivity index is 2.01. The zero-order chi connectivity index (χ0) is 18.8. The van der Waals surface area contributed by atoms with Crippen LogP contribution in [0.15, 0.2) is 48.5 Å². The molecule has 0 aliphatic rings. The Morgan fingerprint density at radius 3 is 2.15 bits per heavy atom. The number of rotatable bonds is 9. The Labute approximate surface area is 156 Å². The van der Waals surface area contributed by atoms with Gasteiger partial charge < -0.3 is 14.4 Å². The summed E-state index contributed by atoms with van der Waals surface area (Å²) in [5.41, 5.74) is 2.45. The van der Waals surface area contributed by atoms with Gasteiger partial charge in [-0.1, -0.05) is 26.0 Å². The highest BCUT2D eigenvalue weighted by Gasteiger charge is 2.03. The maximum Gasteiger partial charge on any atom is 0.119 e. The summed E-state index contributed by atoms with van der Waals surface area (Å²) in [6.07, 6.45) is 1.88. The minimum Gasteiger partial charge on any atom is -0.497 e. The lowest BCUT2D eigenvalue weighted by Crippen LogP contribution is -2.27. The van der Waals surface area contributed by atoms with Crippen LogP contribution >= 0.6 is 0 Å². The Bertz CT molecular complexity index is 739. The van der Waals surface area contributed by atoms with Crippen molar-refractivity contribution in [3.63, 3.8) is 0 Å². The van der Waals surface area contributed by atoms with Gasteiger partial charge in [0.1, 0.15) is 18.1 Å². The van der Waals surface area contributed by atoms with Crippen molar-refractivity contribution < 1.29 is 9.47 Å². The van der Waals surface area contributed by atoms with Crippen LogP contribution in [0.4, 0.5) is 0 Å². The summed E-state index contributed by atoms with van der Waals surface area (Å²) >= 11 is 0. The molecular weight excluding hydrogens is 324 g/mol. The number of benzene rings is 2. The third-order valence-corrected chi connectivity index (χ3v) is 4.28. The summed E-state index contributed by atoms with van der Waals surface area (Å²) in [5, 5.41) is 9.46. The van der Waals surface area contributed by atoms with Gasteiger partial charge in [-0.3, -0.25) is 0 Å². The van der Waals surface area contributed by atoms with Gasteiger partial charge in [-0.05, 0) is 66.7 Å². The highest BCUT2D eigenvalue weighted by molar-refractivity contribution is 5.89. The average molecular weight is 350 g/mol. The average Bonchev–Trinajstić information content (AvgIpc) is 2.70. The molecule has 0 saturated carbocycles. The lowest BCUT2D eigenvalue weighted by atomic mass is 10.0. The second kappa shape index (κ2) is 10.3. The topological polar surface area (TPSA) is 45.5 Å². The van der Waals surface area contributed by atoms with Crippen LogP contribution in [0.5, 0.6) is 11.5 Å². The third kappa shape index (κ3) is 5.65. The van der Waals surface area contributed by atoms with Crippen molar-refractivity contribution in [1.29, 1.82) is 5.26 Å². The summed E-state index contributed by atoms with van der Waals surface area (Å²) in [6, 6.07) is 17.6. The summed E-state index contributed by atoms with van der Waals surface area (Å²) in [7, 11) is 1.63. The van der Waals surface area contributed by atoms with Crippen LogP contribution in [-0.4, -0.2) is 38.3 Å². The van der Waals surface area contributed by atoms with E-state index in [2.05, 4.69) is 24.8 Å². The fourth-order valence-electron chi connectivity index (χ4n) is 2.61. The van der Waals surface area contributed by atoms with Crippen molar-refractivity contribution in [3.05, 3.63) is 59.7 Å². The normalized spacial score (nSPS) is 11.3. The van der Waals surface area contributed by atoms with Gasteiger partial charge in [-0.25, -0.2) is 0 Å². The van der Waals surface area contributed by atoms with E-state index in [1.165, 1.54) is 0 Å². The Morgan fingerprint density at radius 1 is 1.00 bits per heavy atom. The number of nitriles is 1.